The maximum absolute atomic E-state index is 12.2. The lowest BCUT2D eigenvalue weighted by Gasteiger charge is -2.27. The van der Waals surface area contributed by atoms with Gasteiger partial charge in [-0.2, -0.15) is 0 Å². The summed E-state index contributed by atoms with van der Waals surface area (Å²) in [5.41, 5.74) is 0.812. The van der Waals surface area contributed by atoms with Gasteiger partial charge in [-0.15, -0.1) is 0 Å². The Kier molecular flexibility index (Phi) is 4.17. The largest absolute Gasteiger partial charge is 0.497 e. The Morgan fingerprint density at radius 3 is 3.06 bits per heavy atom. The minimum atomic E-state index is -0.269. The number of morpholine rings is 1. The van der Waals surface area contributed by atoms with Gasteiger partial charge >= 0.3 is 0 Å². The van der Waals surface area contributed by atoms with Crippen molar-refractivity contribution in [2.24, 2.45) is 0 Å². The van der Waals surface area contributed by atoms with Gasteiger partial charge in [0.05, 0.1) is 20.3 Å². The van der Waals surface area contributed by atoms with Crippen molar-refractivity contribution in [3.8, 4) is 5.75 Å². The zero-order valence-electron chi connectivity index (χ0n) is 10.7. The first-order chi connectivity index (χ1) is 8.72. The molecule has 1 atom stereocenters. The molecule has 5 nitrogen and oxygen atoms in total. The maximum atomic E-state index is 12.2. The van der Waals surface area contributed by atoms with E-state index in [-0.39, 0.29) is 11.9 Å². The first-order valence-corrected chi connectivity index (χ1v) is 5.95. The van der Waals surface area contributed by atoms with Crippen molar-refractivity contribution in [3.63, 3.8) is 0 Å². The van der Waals surface area contributed by atoms with E-state index < -0.39 is 0 Å². The van der Waals surface area contributed by atoms with Gasteiger partial charge in [-0.25, -0.2) is 0 Å². The molecule has 0 saturated carbocycles. The summed E-state index contributed by atoms with van der Waals surface area (Å²) in [6, 6.07) is 7.16. The fraction of sp³-hybridized carbons (Fsp3) is 0.462. The molecule has 1 amide bonds. The Balaban J connectivity index is 2.09. The van der Waals surface area contributed by atoms with E-state index in [1.807, 2.05) is 24.3 Å². The highest BCUT2D eigenvalue weighted by Crippen LogP contribution is 2.20. The predicted molar refractivity (Wildman–Crippen MR) is 69.0 cm³/mol. The van der Waals surface area contributed by atoms with Crippen LogP contribution in [0.5, 0.6) is 5.75 Å². The zero-order valence-corrected chi connectivity index (χ0v) is 10.7. The Labute approximate surface area is 107 Å². The first-order valence-electron chi connectivity index (χ1n) is 5.95. The van der Waals surface area contributed by atoms with Crippen LogP contribution >= 0.6 is 0 Å². The van der Waals surface area contributed by atoms with Crippen molar-refractivity contribution in [2.75, 3.05) is 38.8 Å². The van der Waals surface area contributed by atoms with E-state index in [0.29, 0.717) is 19.8 Å². The molecule has 0 radical (unpaired) electrons. The van der Waals surface area contributed by atoms with Gasteiger partial charge in [-0.1, -0.05) is 6.07 Å². The van der Waals surface area contributed by atoms with Gasteiger partial charge < -0.3 is 19.7 Å². The number of rotatable bonds is 3. The molecule has 1 aliphatic heterocycles. The lowest BCUT2D eigenvalue weighted by molar-refractivity contribution is -0.123. The average Bonchev–Trinajstić information content (AvgIpc) is 2.46. The van der Waals surface area contributed by atoms with Crippen molar-refractivity contribution >= 4 is 11.6 Å². The Morgan fingerprint density at radius 2 is 2.39 bits per heavy atom. The molecule has 0 aliphatic carbocycles. The smallest absolute Gasteiger partial charge is 0.246 e. The van der Waals surface area contributed by atoms with Crippen LogP contribution < -0.4 is 15.0 Å². The van der Waals surface area contributed by atoms with Crippen LogP contribution in [-0.4, -0.2) is 45.9 Å². The number of anilines is 1. The van der Waals surface area contributed by atoms with E-state index in [4.69, 9.17) is 9.47 Å². The first kappa shape index (κ1) is 12.9. The van der Waals surface area contributed by atoms with E-state index in [9.17, 15) is 4.79 Å². The molecular formula is C13H18N2O3. The Morgan fingerprint density at radius 1 is 1.56 bits per heavy atom. The van der Waals surface area contributed by atoms with Gasteiger partial charge in [0, 0.05) is 25.3 Å². The summed E-state index contributed by atoms with van der Waals surface area (Å²) in [5.74, 6) is 0.739. The van der Waals surface area contributed by atoms with Crippen molar-refractivity contribution < 1.29 is 14.3 Å². The number of hydrogen-bond donors (Lipinski definition) is 1. The number of benzene rings is 1. The number of methoxy groups -OCH3 is 1. The predicted octanol–water partition coefficient (Wildman–Crippen LogP) is 0.646. The third kappa shape index (κ3) is 2.80. The van der Waals surface area contributed by atoms with Crippen LogP contribution in [0.3, 0.4) is 0 Å². The maximum Gasteiger partial charge on any atom is 0.246 e. The second-order valence-electron chi connectivity index (χ2n) is 4.18. The van der Waals surface area contributed by atoms with Crippen LogP contribution in [0, 0.1) is 0 Å². The molecule has 1 heterocycles. The molecule has 1 N–H and O–H groups in total. The summed E-state index contributed by atoms with van der Waals surface area (Å²) in [4.78, 5) is 13.9. The van der Waals surface area contributed by atoms with Crippen LogP contribution in [0.1, 0.15) is 0 Å². The lowest BCUT2D eigenvalue weighted by Crippen LogP contribution is -2.51. The second-order valence-corrected chi connectivity index (χ2v) is 4.18. The number of likely N-dealkylation sites (N-methyl/N-ethyl adjacent to an activating group) is 1. The molecule has 1 aromatic rings. The minimum absolute atomic E-state index is 0.00273. The molecule has 0 bridgehead atoms. The molecule has 1 saturated heterocycles. The summed E-state index contributed by atoms with van der Waals surface area (Å²) in [5, 5.41) is 3.15. The molecule has 98 valence electrons. The van der Waals surface area contributed by atoms with E-state index in [0.717, 1.165) is 11.4 Å². The zero-order chi connectivity index (χ0) is 13.0. The molecule has 1 aromatic carbocycles. The van der Waals surface area contributed by atoms with Gasteiger partial charge in [-0.05, 0) is 12.1 Å². The highest BCUT2D eigenvalue weighted by Gasteiger charge is 2.25. The lowest BCUT2D eigenvalue weighted by atomic mass is 10.2. The molecule has 2 rings (SSSR count). The summed E-state index contributed by atoms with van der Waals surface area (Å²) in [6.07, 6.45) is 0. The number of ether oxygens (including phenoxy) is 2. The van der Waals surface area contributed by atoms with Gasteiger partial charge in [0.15, 0.2) is 0 Å². The summed E-state index contributed by atoms with van der Waals surface area (Å²) in [6.45, 7) is 1.79. The monoisotopic (exact) mass is 250 g/mol. The van der Waals surface area contributed by atoms with Crippen LogP contribution in [0.2, 0.25) is 0 Å². The van der Waals surface area contributed by atoms with Gasteiger partial charge in [0.1, 0.15) is 11.8 Å². The number of hydrogen-bond acceptors (Lipinski definition) is 4. The van der Waals surface area contributed by atoms with Crippen LogP contribution in [0.25, 0.3) is 0 Å². The third-order valence-corrected chi connectivity index (χ3v) is 2.99. The third-order valence-electron chi connectivity index (χ3n) is 2.99. The molecule has 1 unspecified atom stereocenters. The van der Waals surface area contributed by atoms with Crippen molar-refractivity contribution in [1.29, 1.82) is 0 Å². The highest BCUT2D eigenvalue weighted by molar-refractivity contribution is 5.97. The fourth-order valence-electron chi connectivity index (χ4n) is 1.90. The molecule has 18 heavy (non-hydrogen) atoms. The molecule has 1 fully saturated rings. The molecule has 0 spiro atoms. The van der Waals surface area contributed by atoms with Crippen LogP contribution in [-0.2, 0) is 9.53 Å². The fourth-order valence-corrected chi connectivity index (χ4v) is 1.90. The summed E-state index contributed by atoms with van der Waals surface area (Å²) < 4.78 is 10.5. The van der Waals surface area contributed by atoms with Crippen molar-refractivity contribution in [3.05, 3.63) is 24.3 Å². The molecule has 1 aliphatic rings. The second kappa shape index (κ2) is 5.84. The number of carbonyl (C=O) groups is 1. The summed E-state index contributed by atoms with van der Waals surface area (Å²) in [7, 11) is 3.37. The SMILES string of the molecule is COc1cccc(N(C)C(=O)C2COCCN2)c1. The topological polar surface area (TPSA) is 50.8 Å². The van der Waals surface area contributed by atoms with Crippen LogP contribution in [0.4, 0.5) is 5.69 Å². The van der Waals surface area contributed by atoms with E-state index in [1.54, 1.807) is 19.1 Å². The van der Waals surface area contributed by atoms with E-state index in [2.05, 4.69) is 5.32 Å². The number of nitrogens with zero attached hydrogens (tertiary/aromatic N) is 1. The van der Waals surface area contributed by atoms with Crippen molar-refractivity contribution in [1.82, 2.24) is 5.32 Å². The molecule has 5 heteroatoms. The standard InChI is InChI=1S/C13H18N2O3/c1-15(10-4-3-5-11(8-10)17-2)13(16)12-9-18-7-6-14-12/h3-5,8,12,14H,6-7,9H2,1-2H3. The molecule has 0 aromatic heterocycles. The van der Waals surface area contributed by atoms with Gasteiger partial charge in [0.2, 0.25) is 5.91 Å². The normalized spacial score (nSPS) is 19.3. The number of amides is 1. The number of nitrogens with one attached hydrogen (secondary N) is 1. The van der Waals surface area contributed by atoms with E-state index >= 15 is 0 Å². The quantitative estimate of drug-likeness (QED) is 0.855. The van der Waals surface area contributed by atoms with Crippen molar-refractivity contribution in [2.45, 2.75) is 6.04 Å². The average molecular weight is 250 g/mol. The van der Waals surface area contributed by atoms with E-state index in [1.165, 1.54) is 0 Å². The van der Waals surface area contributed by atoms with Gasteiger partial charge in [-0.3, -0.25) is 4.79 Å². The van der Waals surface area contributed by atoms with Crippen LogP contribution in [0.15, 0.2) is 24.3 Å². The Bertz CT molecular complexity index is 416. The van der Waals surface area contributed by atoms with Gasteiger partial charge in [0.25, 0.3) is 0 Å². The minimum Gasteiger partial charge on any atom is -0.497 e. The summed E-state index contributed by atoms with van der Waals surface area (Å²) >= 11 is 0. The highest BCUT2D eigenvalue weighted by atomic mass is 16.5. The number of carbonyl (C=O) groups excluding carboxylic acids is 1. The Hall–Kier alpha value is -1.59. The molecular weight excluding hydrogens is 232 g/mol.